The number of hydrogen-bond acceptors (Lipinski definition) is 7. The number of likely N-dealkylation sites (N-methyl/N-ethyl adjacent to an activating group) is 1. The molecule has 3 heterocycles. The van der Waals surface area contributed by atoms with Gasteiger partial charge >= 0.3 is 6.09 Å². The number of amides is 1. The van der Waals surface area contributed by atoms with Crippen LogP contribution in [0.4, 0.5) is 9.18 Å². The number of rotatable bonds is 4. The first kappa shape index (κ1) is 20.4. The van der Waals surface area contributed by atoms with E-state index >= 15 is 0 Å². The summed E-state index contributed by atoms with van der Waals surface area (Å²) in [6, 6.07) is 5.28. The summed E-state index contributed by atoms with van der Waals surface area (Å²) in [5.74, 6) is 0.103. The van der Waals surface area contributed by atoms with Crippen LogP contribution in [0.1, 0.15) is 11.1 Å². The molecule has 0 bridgehead atoms. The second-order valence-corrected chi connectivity index (χ2v) is 8.73. The van der Waals surface area contributed by atoms with Crippen LogP contribution in [0.25, 0.3) is 31.8 Å². The molecule has 10 heteroatoms. The van der Waals surface area contributed by atoms with Crippen LogP contribution in [0, 0.1) is 12.7 Å². The molecule has 1 aliphatic rings. The number of methoxy groups -OCH3 is 1. The Kier molecular flexibility index (Phi) is 4.81. The Labute approximate surface area is 186 Å². The molecule has 1 aliphatic heterocycles. The number of carbonyl (C=O) groups is 1. The van der Waals surface area contributed by atoms with E-state index in [0.29, 0.717) is 33.9 Å². The third-order valence-electron chi connectivity index (χ3n) is 5.41. The number of ether oxygens (including phenoxy) is 2. The van der Waals surface area contributed by atoms with E-state index in [2.05, 4.69) is 15.0 Å². The molecule has 0 unspecified atom stereocenters. The zero-order valence-electron chi connectivity index (χ0n) is 17.5. The van der Waals surface area contributed by atoms with Gasteiger partial charge in [0.25, 0.3) is 0 Å². The molecule has 0 saturated heterocycles. The first-order chi connectivity index (χ1) is 15.3. The Hall–Kier alpha value is -3.53. The molecule has 164 valence electrons. The van der Waals surface area contributed by atoms with Crippen LogP contribution >= 0.6 is 11.3 Å². The van der Waals surface area contributed by atoms with E-state index < -0.39 is 18.0 Å². The van der Waals surface area contributed by atoms with Crippen molar-refractivity contribution in [3.8, 4) is 22.2 Å². The highest BCUT2D eigenvalue weighted by atomic mass is 32.1. The van der Waals surface area contributed by atoms with Crippen molar-refractivity contribution in [2.45, 2.75) is 19.4 Å². The van der Waals surface area contributed by atoms with Gasteiger partial charge in [-0.05, 0) is 24.6 Å². The van der Waals surface area contributed by atoms with Gasteiger partial charge in [-0.15, -0.1) is 11.3 Å². The lowest BCUT2D eigenvalue weighted by atomic mass is 10.1. The molecular weight excluding hydrogens is 435 g/mol. The number of hydrogen-bond donors (Lipinski definition) is 1. The van der Waals surface area contributed by atoms with E-state index in [4.69, 9.17) is 14.6 Å². The van der Waals surface area contributed by atoms with Crippen LogP contribution < -0.4 is 9.47 Å². The summed E-state index contributed by atoms with van der Waals surface area (Å²) in [5, 5.41) is 9.83. The minimum absolute atomic E-state index is 0.149. The largest absolute Gasteiger partial charge is 0.485 e. The first-order valence-corrected chi connectivity index (χ1v) is 10.7. The lowest BCUT2D eigenvalue weighted by molar-refractivity contribution is 0.127. The number of fused-ring (bicyclic) bond motifs is 4. The highest BCUT2D eigenvalue weighted by molar-refractivity contribution is 7.22. The summed E-state index contributed by atoms with van der Waals surface area (Å²) in [4.78, 5) is 26.0. The van der Waals surface area contributed by atoms with Crippen molar-refractivity contribution in [2.24, 2.45) is 0 Å². The summed E-state index contributed by atoms with van der Waals surface area (Å²) in [6.45, 7) is 2.11. The van der Waals surface area contributed by atoms with Crippen molar-refractivity contribution in [2.75, 3.05) is 20.7 Å². The third-order valence-corrected chi connectivity index (χ3v) is 6.57. The van der Waals surface area contributed by atoms with E-state index in [9.17, 15) is 9.18 Å². The van der Waals surface area contributed by atoms with E-state index in [1.54, 1.807) is 13.3 Å². The lowest BCUT2D eigenvalue weighted by Crippen LogP contribution is -2.35. The van der Waals surface area contributed by atoms with E-state index in [1.165, 1.54) is 24.5 Å². The average molecular weight is 454 g/mol. The third kappa shape index (κ3) is 3.36. The van der Waals surface area contributed by atoms with Gasteiger partial charge in [0.1, 0.15) is 11.1 Å². The highest BCUT2D eigenvalue weighted by Crippen LogP contribution is 2.43. The molecule has 0 spiro atoms. The summed E-state index contributed by atoms with van der Waals surface area (Å²) >= 11 is 1.44. The Morgan fingerprint density at radius 2 is 2.16 bits per heavy atom. The van der Waals surface area contributed by atoms with Gasteiger partial charge in [-0.2, -0.15) is 0 Å². The molecule has 0 aliphatic carbocycles. The quantitative estimate of drug-likeness (QED) is 0.492. The van der Waals surface area contributed by atoms with Crippen LogP contribution in [-0.4, -0.2) is 57.9 Å². The average Bonchev–Trinajstić information content (AvgIpc) is 3.36. The second kappa shape index (κ2) is 7.56. The van der Waals surface area contributed by atoms with Gasteiger partial charge in [0.2, 0.25) is 5.88 Å². The smallest absolute Gasteiger partial charge is 0.407 e. The SMILES string of the molecule is COc1cnc2c(-c3nc4cc(F)c5c(c4s3)C[C@@H](CN(C)C(=O)O)O5)cc(C)cc2n1. The standard InChI is InChI=1S/C22H19FN4O4S/c1-10-4-12(18-15(5-10)25-17(30-3)8-24-18)21-26-16-7-14(23)19-13(20(16)32-21)6-11(31-19)9-27(2)22(28)29/h4-5,7-8,11H,6,9H2,1-3H3,(H,28,29)/t11-/m0/s1. The Balaban J connectivity index is 1.60. The van der Waals surface area contributed by atoms with Gasteiger partial charge in [0, 0.05) is 30.7 Å². The maximum Gasteiger partial charge on any atom is 0.407 e. The highest BCUT2D eigenvalue weighted by Gasteiger charge is 2.31. The van der Waals surface area contributed by atoms with Crippen LogP contribution in [0.3, 0.4) is 0 Å². The summed E-state index contributed by atoms with van der Waals surface area (Å²) in [6.07, 6.45) is 0.465. The van der Waals surface area contributed by atoms with Gasteiger partial charge in [0.15, 0.2) is 11.6 Å². The molecule has 1 atom stereocenters. The van der Waals surface area contributed by atoms with Crippen molar-refractivity contribution < 1.29 is 23.8 Å². The molecule has 1 N–H and O–H groups in total. The predicted octanol–water partition coefficient (Wildman–Crippen LogP) is 4.28. The lowest BCUT2D eigenvalue weighted by Gasteiger charge is -2.17. The molecule has 0 saturated carbocycles. The molecule has 0 radical (unpaired) electrons. The summed E-state index contributed by atoms with van der Waals surface area (Å²) in [5.41, 5.74) is 4.43. The van der Waals surface area contributed by atoms with Crippen LogP contribution in [-0.2, 0) is 6.42 Å². The number of benzene rings is 2. The van der Waals surface area contributed by atoms with E-state index in [1.807, 2.05) is 19.1 Å². The van der Waals surface area contributed by atoms with Gasteiger partial charge in [-0.25, -0.2) is 24.1 Å². The maximum atomic E-state index is 14.8. The number of carboxylic acid groups (broad SMARTS) is 1. The monoisotopic (exact) mass is 454 g/mol. The van der Waals surface area contributed by atoms with E-state index in [-0.39, 0.29) is 12.3 Å². The zero-order chi connectivity index (χ0) is 22.6. The molecule has 5 rings (SSSR count). The molecular formula is C22H19FN4O4S. The Morgan fingerprint density at radius 3 is 2.91 bits per heavy atom. The summed E-state index contributed by atoms with van der Waals surface area (Å²) < 4.78 is 26.6. The number of halogens is 1. The maximum absolute atomic E-state index is 14.8. The van der Waals surface area contributed by atoms with E-state index in [0.717, 1.165) is 26.3 Å². The summed E-state index contributed by atoms with van der Waals surface area (Å²) in [7, 11) is 3.00. The molecule has 8 nitrogen and oxygen atoms in total. The van der Waals surface area contributed by atoms with Crippen molar-refractivity contribution in [1.29, 1.82) is 0 Å². The van der Waals surface area contributed by atoms with Gasteiger partial charge in [0.05, 0.1) is 41.1 Å². The normalized spacial score (nSPS) is 15.1. The fourth-order valence-electron chi connectivity index (χ4n) is 3.94. The Morgan fingerprint density at radius 1 is 1.34 bits per heavy atom. The Bertz CT molecular complexity index is 1390. The van der Waals surface area contributed by atoms with Crippen LogP contribution in [0.15, 0.2) is 24.4 Å². The molecule has 4 aromatic rings. The number of thiazole rings is 1. The van der Waals surface area contributed by atoms with Gasteiger partial charge in [-0.3, -0.25) is 0 Å². The molecule has 2 aromatic carbocycles. The predicted molar refractivity (Wildman–Crippen MR) is 118 cm³/mol. The van der Waals surface area contributed by atoms with Crippen molar-refractivity contribution in [3.63, 3.8) is 0 Å². The second-order valence-electron chi connectivity index (χ2n) is 7.73. The number of aryl methyl sites for hydroxylation is 1. The molecule has 2 aromatic heterocycles. The zero-order valence-corrected chi connectivity index (χ0v) is 18.4. The van der Waals surface area contributed by atoms with Crippen LogP contribution in [0.5, 0.6) is 11.6 Å². The minimum Gasteiger partial charge on any atom is -0.485 e. The topological polar surface area (TPSA) is 97.7 Å². The number of nitrogens with zero attached hydrogens (tertiary/aromatic N) is 4. The first-order valence-electron chi connectivity index (χ1n) is 9.88. The van der Waals surface area contributed by atoms with Gasteiger partial charge in [-0.1, -0.05) is 0 Å². The molecule has 1 amide bonds. The molecule has 32 heavy (non-hydrogen) atoms. The van der Waals surface area contributed by atoms with Crippen molar-refractivity contribution >= 4 is 38.7 Å². The van der Waals surface area contributed by atoms with Crippen molar-refractivity contribution in [1.82, 2.24) is 19.9 Å². The van der Waals surface area contributed by atoms with Crippen LogP contribution in [0.2, 0.25) is 0 Å². The van der Waals surface area contributed by atoms with Crippen molar-refractivity contribution in [3.05, 3.63) is 41.3 Å². The van der Waals surface area contributed by atoms with Gasteiger partial charge < -0.3 is 19.5 Å². The minimum atomic E-state index is -1.06. The molecule has 0 fully saturated rings. The fraction of sp³-hybridized carbons (Fsp3) is 0.273. The number of aromatic nitrogens is 3. The fourth-order valence-corrected chi connectivity index (χ4v) is 5.05.